The Hall–Kier alpha value is -3.40. The molecule has 1 amide bonds. The van der Waals surface area contributed by atoms with E-state index < -0.39 is 23.7 Å². The van der Waals surface area contributed by atoms with Gasteiger partial charge in [-0.1, -0.05) is 28.8 Å². The first-order valence-electron chi connectivity index (χ1n) is 8.74. The van der Waals surface area contributed by atoms with Gasteiger partial charge < -0.3 is 10.6 Å². The third-order valence-corrected chi connectivity index (χ3v) is 4.87. The highest BCUT2D eigenvalue weighted by Gasteiger charge is 2.35. The largest absolute Gasteiger partial charge is 0.416 e. The summed E-state index contributed by atoms with van der Waals surface area (Å²) in [6.07, 6.45) is -4.47. The molecule has 1 aromatic heterocycles. The minimum Gasteiger partial charge on any atom is -0.326 e. The molecule has 0 aliphatic carbocycles. The van der Waals surface area contributed by atoms with Gasteiger partial charge >= 0.3 is 6.18 Å². The fourth-order valence-corrected chi connectivity index (χ4v) is 3.33. The van der Waals surface area contributed by atoms with Crippen LogP contribution in [0.2, 0.25) is 5.02 Å². The molecule has 0 bridgehead atoms. The molecule has 30 heavy (non-hydrogen) atoms. The van der Waals surface area contributed by atoms with Crippen LogP contribution in [0, 0.1) is 0 Å². The average Bonchev–Trinajstić information content (AvgIpc) is 3.16. The summed E-state index contributed by atoms with van der Waals surface area (Å²) in [7, 11) is 0. The lowest BCUT2D eigenvalue weighted by atomic mass is 9.94. The Labute approximate surface area is 173 Å². The molecule has 2 heterocycles. The lowest BCUT2D eigenvalue weighted by Crippen LogP contribution is -2.31. The zero-order valence-corrected chi connectivity index (χ0v) is 16.2. The molecule has 1 atom stereocenters. The molecule has 0 unspecified atom stereocenters. The zero-order valence-electron chi connectivity index (χ0n) is 15.4. The van der Waals surface area contributed by atoms with Gasteiger partial charge in [0, 0.05) is 16.4 Å². The van der Waals surface area contributed by atoms with Crippen molar-refractivity contribution in [2.75, 3.05) is 10.6 Å². The van der Waals surface area contributed by atoms with E-state index in [2.05, 4.69) is 26.2 Å². The number of amides is 1. The van der Waals surface area contributed by atoms with E-state index in [0.717, 1.165) is 12.1 Å². The Morgan fingerprint density at radius 1 is 1.13 bits per heavy atom. The van der Waals surface area contributed by atoms with Gasteiger partial charge in [0.2, 0.25) is 5.95 Å². The number of halogens is 4. The molecule has 0 fully saturated rings. The van der Waals surface area contributed by atoms with E-state index in [-0.39, 0.29) is 11.5 Å². The van der Waals surface area contributed by atoms with Crippen LogP contribution in [-0.2, 0) is 11.0 Å². The maximum atomic E-state index is 13.1. The summed E-state index contributed by atoms with van der Waals surface area (Å²) in [5.74, 6) is -0.172. The number of rotatable bonds is 3. The normalized spacial score (nSPS) is 16.1. The highest BCUT2D eigenvalue weighted by atomic mass is 35.5. The van der Waals surface area contributed by atoms with Crippen LogP contribution in [0.4, 0.5) is 24.8 Å². The molecule has 3 aromatic rings. The van der Waals surface area contributed by atoms with Crippen LogP contribution in [0.3, 0.4) is 0 Å². The summed E-state index contributed by atoms with van der Waals surface area (Å²) >= 11 is 5.87. The van der Waals surface area contributed by atoms with E-state index in [1.807, 2.05) is 0 Å². The first-order chi connectivity index (χ1) is 14.2. The molecule has 0 radical (unpaired) electrons. The number of carbonyl (C=O) groups is 1. The van der Waals surface area contributed by atoms with Gasteiger partial charge in [-0.15, -0.1) is 0 Å². The first kappa shape index (κ1) is 19.9. The summed E-state index contributed by atoms with van der Waals surface area (Å²) in [5, 5.41) is 17.6. The number of aromatic nitrogens is 4. The van der Waals surface area contributed by atoms with Crippen molar-refractivity contribution >= 4 is 29.1 Å². The second-order valence-corrected chi connectivity index (χ2v) is 7.03. The maximum Gasteiger partial charge on any atom is 0.416 e. The standard InChI is InChI=1S/C19H14ClF3N6O/c1-10-15(17(30)25-14-8-6-13(20)7-9-14)16(29-18(24-10)26-27-28-29)11-2-4-12(5-3-11)19(21,22)23/h2-9,16H,1H3,(H,25,30)(H,24,26,28)/t16-/m1/s1. The molecule has 154 valence electrons. The number of anilines is 2. The molecule has 0 saturated carbocycles. The summed E-state index contributed by atoms with van der Waals surface area (Å²) in [6, 6.07) is 10.3. The molecule has 1 aliphatic rings. The van der Waals surface area contributed by atoms with Gasteiger partial charge in [-0.25, -0.2) is 0 Å². The van der Waals surface area contributed by atoms with Gasteiger partial charge in [0.1, 0.15) is 6.04 Å². The van der Waals surface area contributed by atoms with Crippen molar-refractivity contribution in [2.24, 2.45) is 0 Å². The number of carbonyl (C=O) groups excluding carboxylic acids is 1. The lowest BCUT2D eigenvalue weighted by molar-refractivity contribution is -0.137. The minimum absolute atomic E-state index is 0.268. The first-order valence-corrected chi connectivity index (χ1v) is 9.11. The van der Waals surface area contributed by atoms with Gasteiger partial charge in [0.05, 0.1) is 11.1 Å². The smallest absolute Gasteiger partial charge is 0.326 e. The Balaban J connectivity index is 1.73. The predicted molar refractivity (Wildman–Crippen MR) is 104 cm³/mol. The number of nitrogens with one attached hydrogen (secondary N) is 2. The molecular weight excluding hydrogens is 421 g/mol. The van der Waals surface area contributed by atoms with Crippen LogP contribution in [-0.4, -0.2) is 26.1 Å². The molecule has 7 nitrogen and oxygen atoms in total. The van der Waals surface area contributed by atoms with Crippen molar-refractivity contribution in [1.29, 1.82) is 0 Å². The van der Waals surface area contributed by atoms with Crippen molar-refractivity contribution in [2.45, 2.75) is 19.1 Å². The van der Waals surface area contributed by atoms with E-state index >= 15 is 0 Å². The average molecular weight is 435 g/mol. The molecule has 2 aromatic carbocycles. The van der Waals surface area contributed by atoms with Crippen molar-refractivity contribution in [1.82, 2.24) is 20.2 Å². The summed E-state index contributed by atoms with van der Waals surface area (Å²) in [6.45, 7) is 1.67. The molecule has 11 heteroatoms. The van der Waals surface area contributed by atoms with Crippen LogP contribution < -0.4 is 10.6 Å². The van der Waals surface area contributed by atoms with Gasteiger partial charge in [-0.05, 0) is 59.3 Å². The Bertz CT molecular complexity index is 1120. The molecule has 0 spiro atoms. The number of hydrogen-bond acceptors (Lipinski definition) is 5. The fourth-order valence-electron chi connectivity index (χ4n) is 3.20. The molecule has 1 aliphatic heterocycles. The molecular formula is C19H14ClF3N6O. The highest BCUT2D eigenvalue weighted by molar-refractivity contribution is 6.30. The van der Waals surface area contributed by atoms with E-state index in [9.17, 15) is 18.0 Å². The third kappa shape index (κ3) is 3.73. The van der Waals surface area contributed by atoms with Crippen LogP contribution in [0.1, 0.15) is 24.1 Å². The molecule has 2 N–H and O–H groups in total. The second-order valence-electron chi connectivity index (χ2n) is 6.59. The zero-order chi connectivity index (χ0) is 21.5. The Kier molecular flexibility index (Phi) is 4.94. The second kappa shape index (κ2) is 7.45. The van der Waals surface area contributed by atoms with Crippen LogP contribution in [0.5, 0.6) is 0 Å². The van der Waals surface area contributed by atoms with Crippen molar-refractivity contribution in [3.8, 4) is 0 Å². The van der Waals surface area contributed by atoms with Crippen molar-refractivity contribution in [3.05, 3.63) is 76.0 Å². The van der Waals surface area contributed by atoms with Gasteiger partial charge in [-0.2, -0.15) is 17.9 Å². The number of benzene rings is 2. The van der Waals surface area contributed by atoms with E-state index in [1.54, 1.807) is 31.2 Å². The fraction of sp³-hybridized carbons (Fsp3) is 0.158. The summed E-state index contributed by atoms with van der Waals surface area (Å²) in [4.78, 5) is 13.1. The maximum absolute atomic E-state index is 13.1. The van der Waals surface area contributed by atoms with Gasteiger partial charge in [0.15, 0.2) is 0 Å². The predicted octanol–water partition coefficient (Wildman–Crippen LogP) is 4.27. The lowest BCUT2D eigenvalue weighted by Gasteiger charge is -2.28. The monoisotopic (exact) mass is 434 g/mol. The van der Waals surface area contributed by atoms with Gasteiger partial charge in [0.25, 0.3) is 5.91 Å². The number of hydrogen-bond donors (Lipinski definition) is 2. The Morgan fingerprint density at radius 3 is 2.43 bits per heavy atom. The van der Waals surface area contributed by atoms with E-state index in [1.165, 1.54) is 16.8 Å². The number of allylic oxidation sites excluding steroid dienone is 1. The number of tetrazole rings is 1. The highest BCUT2D eigenvalue weighted by Crippen LogP contribution is 2.36. The van der Waals surface area contributed by atoms with Crippen LogP contribution in [0.25, 0.3) is 0 Å². The molecule has 4 rings (SSSR count). The SMILES string of the molecule is CC1=C(C(=O)Nc2ccc(Cl)cc2)[C@@H](c2ccc(C(F)(F)F)cc2)n2nnnc2N1. The topological polar surface area (TPSA) is 84.7 Å². The van der Waals surface area contributed by atoms with Crippen molar-refractivity contribution in [3.63, 3.8) is 0 Å². The number of fused-ring (bicyclic) bond motifs is 1. The third-order valence-electron chi connectivity index (χ3n) is 4.61. The number of nitrogens with zero attached hydrogens (tertiary/aromatic N) is 4. The molecule has 0 saturated heterocycles. The van der Waals surface area contributed by atoms with Crippen molar-refractivity contribution < 1.29 is 18.0 Å². The number of alkyl halides is 3. The van der Waals surface area contributed by atoms with E-state index in [0.29, 0.717) is 22.0 Å². The van der Waals surface area contributed by atoms with Gasteiger partial charge in [-0.3, -0.25) is 4.79 Å². The van der Waals surface area contributed by atoms with E-state index in [4.69, 9.17) is 11.6 Å². The Morgan fingerprint density at radius 2 is 1.80 bits per heavy atom. The van der Waals surface area contributed by atoms with Crippen LogP contribution in [0.15, 0.2) is 59.8 Å². The summed E-state index contributed by atoms with van der Waals surface area (Å²) < 4.78 is 40.2. The summed E-state index contributed by atoms with van der Waals surface area (Å²) in [5.41, 5.74) is 0.903. The quantitative estimate of drug-likeness (QED) is 0.643. The van der Waals surface area contributed by atoms with Crippen LogP contribution >= 0.6 is 11.6 Å². The minimum atomic E-state index is -4.47.